The van der Waals surface area contributed by atoms with Crippen LogP contribution in [0.1, 0.15) is 12.5 Å². The van der Waals surface area contributed by atoms with Crippen molar-refractivity contribution in [3.05, 3.63) is 66.2 Å². The molecule has 2 aromatic carbocycles. The number of nitrogens with zero attached hydrogens (tertiary/aromatic N) is 2. The van der Waals surface area contributed by atoms with E-state index in [1.54, 1.807) is 0 Å². The molecule has 0 atom stereocenters. The monoisotopic (exact) mass is 290 g/mol. The van der Waals surface area contributed by atoms with E-state index >= 15 is 0 Å². The van der Waals surface area contributed by atoms with E-state index in [4.69, 9.17) is 9.72 Å². The lowest BCUT2D eigenvalue weighted by Gasteiger charge is -2.13. The molecule has 110 valence electrons. The summed E-state index contributed by atoms with van der Waals surface area (Å²) < 4.78 is 5.71. The van der Waals surface area contributed by atoms with Gasteiger partial charge in [-0.3, -0.25) is 0 Å². The zero-order chi connectivity index (χ0) is 15.4. The third-order valence-electron chi connectivity index (χ3n) is 3.46. The number of aromatic nitrogens is 2. The summed E-state index contributed by atoms with van der Waals surface area (Å²) in [4.78, 5) is 9.35. The van der Waals surface area contributed by atoms with Crippen molar-refractivity contribution >= 4 is 0 Å². The fourth-order valence-corrected chi connectivity index (χ4v) is 2.37. The maximum atomic E-state index is 5.71. The van der Waals surface area contributed by atoms with E-state index in [2.05, 4.69) is 17.1 Å². The van der Waals surface area contributed by atoms with E-state index in [0.717, 1.165) is 22.4 Å². The predicted octanol–water partition coefficient (Wildman–Crippen LogP) is 4.52. The Balaban J connectivity index is 2.19. The maximum Gasteiger partial charge on any atom is 0.220 e. The molecule has 0 radical (unpaired) electrons. The molecular formula is C19H18N2O. The normalized spacial score (nSPS) is 10.5. The number of hydrogen-bond donors (Lipinski definition) is 0. The minimum atomic E-state index is 0.584. The van der Waals surface area contributed by atoms with Crippen LogP contribution in [-0.2, 0) is 0 Å². The Bertz CT molecular complexity index is 755. The first-order valence-corrected chi connectivity index (χ1v) is 7.42. The molecule has 22 heavy (non-hydrogen) atoms. The number of ether oxygens (including phenoxy) is 1. The second-order valence-corrected chi connectivity index (χ2v) is 4.99. The van der Waals surface area contributed by atoms with E-state index in [-0.39, 0.29) is 0 Å². The maximum absolute atomic E-state index is 5.71. The Kier molecular flexibility index (Phi) is 4.15. The Hall–Kier alpha value is -2.68. The molecule has 3 nitrogen and oxygen atoms in total. The van der Waals surface area contributed by atoms with Crippen LogP contribution in [0.25, 0.3) is 22.6 Å². The lowest BCUT2D eigenvalue weighted by Crippen LogP contribution is -2.03. The molecule has 3 heteroatoms. The van der Waals surface area contributed by atoms with Crippen molar-refractivity contribution < 1.29 is 4.74 Å². The smallest absolute Gasteiger partial charge is 0.220 e. The molecule has 0 unspecified atom stereocenters. The summed E-state index contributed by atoms with van der Waals surface area (Å²) in [5, 5.41) is 0. The highest BCUT2D eigenvalue weighted by Crippen LogP contribution is 2.30. The Labute approximate surface area is 130 Å². The van der Waals surface area contributed by atoms with Gasteiger partial charge in [-0.15, -0.1) is 0 Å². The zero-order valence-electron chi connectivity index (χ0n) is 12.8. The van der Waals surface area contributed by atoms with Gasteiger partial charge in [0.2, 0.25) is 5.88 Å². The average molecular weight is 290 g/mol. The Morgan fingerprint density at radius 2 is 1.41 bits per heavy atom. The van der Waals surface area contributed by atoms with E-state index < -0.39 is 0 Å². The van der Waals surface area contributed by atoms with Crippen molar-refractivity contribution in [1.29, 1.82) is 0 Å². The molecule has 0 spiro atoms. The first kappa shape index (κ1) is 14.3. The lowest BCUT2D eigenvalue weighted by atomic mass is 10.1. The van der Waals surface area contributed by atoms with Gasteiger partial charge >= 0.3 is 0 Å². The van der Waals surface area contributed by atoms with Gasteiger partial charge in [-0.25, -0.2) is 4.98 Å². The van der Waals surface area contributed by atoms with Crippen molar-refractivity contribution in [2.45, 2.75) is 13.8 Å². The van der Waals surface area contributed by atoms with Crippen LogP contribution in [0.2, 0.25) is 0 Å². The minimum Gasteiger partial charge on any atom is -0.478 e. The average Bonchev–Trinajstić information content (AvgIpc) is 2.58. The molecule has 3 rings (SSSR count). The quantitative estimate of drug-likeness (QED) is 0.708. The van der Waals surface area contributed by atoms with Gasteiger partial charge < -0.3 is 4.74 Å². The van der Waals surface area contributed by atoms with Gasteiger partial charge in [0.1, 0.15) is 0 Å². The molecule has 0 saturated heterocycles. The molecule has 0 aliphatic rings. The van der Waals surface area contributed by atoms with Gasteiger partial charge in [-0.05, 0) is 13.8 Å². The van der Waals surface area contributed by atoms with Gasteiger partial charge in [0.15, 0.2) is 5.82 Å². The number of benzene rings is 2. The van der Waals surface area contributed by atoms with Crippen LogP contribution in [-0.4, -0.2) is 16.6 Å². The van der Waals surface area contributed by atoms with E-state index in [0.29, 0.717) is 18.3 Å². The lowest BCUT2D eigenvalue weighted by molar-refractivity contribution is 0.324. The van der Waals surface area contributed by atoms with Crippen molar-refractivity contribution in [2.75, 3.05) is 6.61 Å². The van der Waals surface area contributed by atoms with Gasteiger partial charge in [0, 0.05) is 16.7 Å². The van der Waals surface area contributed by atoms with Crippen LogP contribution in [0.4, 0.5) is 0 Å². The summed E-state index contributed by atoms with van der Waals surface area (Å²) in [5.41, 5.74) is 3.94. The third kappa shape index (κ3) is 2.84. The van der Waals surface area contributed by atoms with Crippen LogP contribution in [0.3, 0.4) is 0 Å². The second-order valence-electron chi connectivity index (χ2n) is 4.99. The molecule has 0 amide bonds. The minimum absolute atomic E-state index is 0.584. The molecule has 3 aromatic rings. The van der Waals surface area contributed by atoms with Crippen molar-refractivity contribution in [3.8, 4) is 28.5 Å². The van der Waals surface area contributed by atoms with E-state index in [9.17, 15) is 0 Å². The van der Waals surface area contributed by atoms with Crippen LogP contribution >= 0.6 is 0 Å². The third-order valence-corrected chi connectivity index (χ3v) is 3.46. The van der Waals surface area contributed by atoms with Crippen LogP contribution in [0.5, 0.6) is 5.88 Å². The van der Waals surface area contributed by atoms with Gasteiger partial charge in [0.25, 0.3) is 0 Å². The SMILES string of the molecule is CCOc1nc(-c2ccccc2)nc(-c2ccccc2)c1C. The summed E-state index contributed by atoms with van der Waals surface area (Å²) in [6, 6.07) is 20.1. The standard InChI is InChI=1S/C19H18N2O/c1-3-22-19-14(2)17(15-10-6-4-7-11-15)20-18(21-19)16-12-8-5-9-13-16/h4-13H,3H2,1-2H3. The van der Waals surface area contributed by atoms with Crippen molar-refractivity contribution in [2.24, 2.45) is 0 Å². The molecule has 0 aliphatic carbocycles. The predicted molar refractivity (Wildman–Crippen MR) is 88.8 cm³/mol. The Morgan fingerprint density at radius 3 is 2.00 bits per heavy atom. The van der Waals surface area contributed by atoms with Gasteiger partial charge in [-0.1, -0.05) is 60.7 Å². The number of rotatable bonds is 4. The summed E-state index contributed by atoms with van der Waals surface area (Å²) >= 11 is 0. The fraction of sp³-hybridized carbons (Fsp3) is 0.158. The van der Waals surface area contributed by atoms with Crippen LogP contribution in [0, 0.1) is 6.92 Å². The van der Waals surface area contributed by atoms with Crippen LogP contribution in [0.15, 0.2) is 60.7 Å². The molecule has 0 bridgehead atoms. The van der Waals surface area contributed by atoms with E-state index in [1.807, 2.05) is 62.4 Å². The molecule has 0 aliphatic heterocycles. The second kappa shape index (κ2) is 6.39. The van der Waals surface area contributed by atoms with Gasteiger partial charge in [-0.2, -0.15) is 4.98 Å². The first-order valence-electron chi connectivity index (χ1n) is 7.42. The largest absolute Gasteiger partial charge is 0.478 e. The topological polar surface area (TPSA) is 35.0 Å². The molecule has 0 N–H and O–H groups in total. The summed E-state index contributed by atoms with van der Waals surface area (Å²) in [5.74, 6) is 1.34. The molecular weight excluding hydrogens is 272 g/mol. The zero-order valence-corrected chi connectivity index (χ0v) is 12.8. The highest BCUT2D eigenvalue weighted by Gasteiger charge is 2.14. The van der Waals surface area contributed by atoms with E-state index in [1.165, 1.54) is 0 Å². The molecule has 1 heterocycles. The van der Waals surface area contributed by atoms with Gasteiger partial charge in [0.05, 0.1) is 12.3 Å². The molecule has 0 saturated carbocycles. The first-order chi connectivity index (χ1) is 10.8. The summed E-state index contributed by atoms with van der Waals surface area (Å²) in [6.07, 6.45) is 0. The highest BCUT2D eigenvalue weighted by atomic mass is 16.5. The fourth-order valence-electron chi connectivity index (χ4n) is 2.37. The summed E-state index contributed by atoms with van der Waals surface area (Å²) in [7, 11) is 0. The molecule has 0 fully saturated rings. The highest BCUT2D eigenvalue weighted by molar-refractivity contribution is 5.68. The number of hydrogen-bond acceptors (Lipinski definition) is 3. The summed E-state index contributed by atoms with van der Waals surface area (Å²) in [6.45, 7) is 4.55. The Morgan fingerprint density at radius 1 is 0.818 bits per heavy atom. The molecule has 1 aromatic heterocycles. The van der Waals surface area contributed by atoms with Crippen LogP contribution < -0.4 is 4.74 Å². The van der Waals surface area contributed by atoms with Crippen molar-refractivity contribution in [1.82, 2.24) is 9.97 Å². The van der Waals surface area contributed by atoms with Crippen molar-refractivity contribution in [3.63, 3.8) is 0 Å².